The van der Waals surface area contributed by atoms with Crippen molar-refractivity contribution >= 4 is 5.78 Å². The van der Waals surface area contributed by atoms with Crippen LogP contribution in [-0.2, 0) is 16.6 Å². The molecule has 3 atom stereocenters. The molecular formula is C18H23NO3. The van der Waals surface area contributed by atoms with Gasteiger partial charge in [0.25, 0.3) is 0 Å². The van der Waals surface area contributed by atoms with Crippen molar-refractivity contribution in [1.82, 2.24) is 4.90 Å². The molecule has 2 bridgehead atoms. The molecule has 1 aliphatic heterocycles. The number of ether oxygens (including phenoxy) is 1. The largest absolute Gasteiger partial charge is 0.504 e. The fourth-order valence-corrected chi connectivity index (χ4v) is 5.30. The number of hydrogen-bond acceptors (Lipinski definition) is 4. The molecule has 1 N–H and O–H groups in total. The quantitative estimate of drug-likeness (QED) is 0.864. The Morgan fingerprint density at radius 2 is 2.23 bits per heavy atom. The average molecular weight is 301 g/mol. The maximum atomic E-state index is 12.3. The van der Waals surface area contributed by atoms with Crippen molar-refractivity contribution in [3.05, 3.63) is 23.3 Å². The molecule has 0 aromatic heterocycles. The van der Waals surface area contributed by atoms with Crippen LogP contribution in [0.2, 0.25) is 0 Å². The predicted molar refractivity (Wildman–Crippen MR) is 83.4 cm³/mol. The summed E-state index contributed by atoms with van der Waals surface area (Å²) < 4.78 is 5.57. The van der Waals surface area contributed by atoms with Gasteiger partial charge in [0.2, 0.25) is 0 Å². The first-order chi connectivity index (χ1) is 10.6. The highest BCUT2D eigenvalue weighted by atomic mass is 16.5. The van der Waals surface area contributed by atoms with Gasteiger partial charge in [0, 0.05) is 29.9 Å². The number of phenolic OH excluding ortho intramolecular Hbond substituents is 1. The zero-order valence-corrected chi connectivity index (χ0v) is 13.3. The number of Topliss-reactive ketones (excluding diaryl/α,β-unsaturated/α-hetero) is 1. The Balaban J connectivity index is 1.97. The molecular weight excluding hydrogens is 278 g/mol. The van der Waals surface area contributed by atoms with Gasteiger partial charge >= 0.3 is 0 Å². The van der Waals surface area contributed by atoms with E-state index in [1.165, 1.54) is 5.56 Å². The molecule has 118 valence electrons. The van der Waals surface area contributed by atoms with Crippen LogP contribution in [0.1, 0.15) is 36.8 Å². The fourth-order valence-electron chi connectivity index (χ4n) is 5.30. The topological polar surface area (TPSA) is 49.8 Å². The van der Waals surface area contributed by atoms with Crippen molar-refractivity contribution < 1.29 is 14.6 Å². The molecule has 0 unspecified atom stereocenters. The van der Waals surface area contributed by atoms with Crippen LogP contribution in [-0.4, -0.2) is 42.5 Å². The van der Waals surface area contributed by atoms with Gasteiger partial charge in [-0.2, -0.15) is 0 Å². The lowest BCUT2D eigenvalue weighted by Gasteiger charge is -2.58. The molecule has 1 saturated carbocycles. The maximum Gasteiger partial charge on any atom is 0.164 e. The van der Waals surface area contributed by atoms with Gasteiger partial charge in [0.1, 0.15) is 5.78 Å². The Labute approximate surface area is 131 Å². The van der Waals surface area contributed by atoms with Gasteiger partial charge in [0.05, 0.1) is 7.11 Å². The van der Waals surface area contributed by atoms with E-state index in [2.05, 4.69) is 11.9 Å². The molecule has 1 heterocycles. The number of carbonyl (C=O) groups is 1. The molecule has 4 rings (SSSR count). The van der Waals surface area contributed by atoms with Gasteiger partial charge in [0.15, 0.2) is 11.5 Å². The summed E-state index contributed by atoms with van der Waals surface area (Å²) in [5.74, 6) is 1.65. The average Bonchev–Trinajstić information content (AvgIpc) is 2.51. The number of phenols is 1. The number of fused-ring (bicyclic) bond motifs is 1. The molecule has 4 nitrogen and oxygen atoms in total. The van der Waals surface area contributed by atoms with E-state index in [0.29, 0.717) is 36.3 Å². The minimum atomic E-state index is -0.135. The van der Waals surface area contributed by atoms with Gasteiger partial charge < -0.3 is 14.7 Å². The number of piperidine rings is 1. The number of rotatable bonds is 1. The number of benzene rings is 1. The summed E-state index contributed by atoms with van der Waals surface area (Å²) in [6.07, 6.45) is 4.24. The number of aromatic hydroxyl groups is 1. The summed E-state index contributed by atoms with van der Waals surface area (Å²) in [6.45, 7) is 1.01. The first-order valence-corrected chi connectivity index (χ1v) is 8.18. The number of likely N-dealkylation sites (N-methyl/N-ethyl adjacent to an activating group) is 1. The van der Waals surface area contributed by atoms with Crippen LogP contribution in [0.15, 0.2) is 12.1 Å². The van der Waals surface area contributed by atoms with Crippen molar-refractivity contribution in [2.24, 2.45) is 5.92 Å². The smallest absolute Gasteiger partial charge is 0.164 e. The molecule has 1 aromatic rings. The molecule has 22 heavy (non-hydrogen) atoms. The van der Waals surface area contributed by atoms with Crippen LogP contribution >= 0.6 is 0 Å². The van der Waals surface area contributed by atoms with Crippen molar-refractivity contribution in [3.8, 4) is 11.5 Å². The monoisotopic (exact) mass is 301 g/mol. The van der Waals surface area contributed by atoms with Crippen LogP contribution < -0.4 is 4.74 Å². The molecule has 0 radical (unpaired) electrons. The molecule has 4 heteroatoms. The maximum absolute atomic E-state index is 12.3. The third kappa shape index (κ3) is 1.70. The Kier molecular flexibility index (Phi) is 3.02. The summed E-state index contributed by atoms with van der Waals surface area (Å²) in [7, 11) is 3.82. The number of methoxy groups -OCH3 is 1. The van der Waals surface area contributed by atoms with E-state index in [-0.39, 0.29) is 11.2 Å². The molecule has 1 aromatic carbocycles. The van der Waals surface area contributed by atoms with Crippen LogP contribution in [0, 0.1) is 5.92 Å². The van der Waals surface area contributed by atoms with Crippen molar-refractivity contribution in [1.29, 1.82) is 0 Å². The Morgan fingerprint density at radius 1 is 1.41 bits per heavy atom. The number of carbonyl (C=O) groups excluding carboxylic acids is 1. The SMILES string of the molecule is COc1c(O)ccc2c1[C@]13CCN(C)[C@H](C2)[C@@H]1CCC(=O)C3. The lowest BCUT2D eigenvalue weighted by molar-refractivity contribution is -0.127. The van der Waals surface area contributed by atoms with Gasteiger partial charge in [-0.05, 0) is 50.4 Å². The highest BCUT2D eigenvalue weighted by Gasteiger charge is 2.56. The summed E-state index contributed by atoms with van der Waals surface area (Å²) in [5.41, 5.74) is 2.24. The van der Waals surface area contributed by atoms with Gasteiger partial charge in [-0.25, -0.2) is 0 Å². The van der Waals surface area contributed by atoms with Crippen molar-refractivity contribution in [3.63, 3.8) is 0 Å². The van der Waals surface area contributed by atoms with Gasteiger partial charge in [-0.1, -0.05) is 6.07 Å². The summed E-state index contributed by atoms with van der Waals surface area (Å²) in [5, 5.41) is 10.2. The van der Waals surface area contributed by atoms with E-state index >= 15 is 0 Å². The van der Waals surface area contributed by atoms with Crippen LogP contribution in [0.5, 0.6) is 11.5 Å². The lowest BCUT2D eigenvalue weighted by atomic mass is 9.52. The second kappa shape index (κ2) is 4.72. The summed E-state index contributed by atoms with van der Waals surface area (Å²) in [6, 6.07) is 4.26. The molecule has 1 saturated heterocycles. The Bertz CT molecular complexity index is 641. The van der Waals surface area contributed by atoms with E-state index in [1.807, 2.05) is 6.07 Å². The molecule has 0 amide bonds. The standard InChI is InChI=1S/C18H23NO3/c1-19-8-7-18-10-12(20)4-5-13(18)14(19)9-11-3-6-15(21)17(22-2)16(11)18/h3,6,13-14,21H,4-5,7-10H2,1-2H3/t13-,14+,18-/m0/s1. The summed E-state index contributed by atoms with van der Waals surface area (Å²) in [4.78, 5) is 14.7. The fraction of sp³-hybridized carbons (Fsp3) is 0.611. The number of hydrogen-bond donors (Lipinski definition) is 1. The normalized spacial score (nSPS) is 34.0. The Morgan fingerprint density at radius 3 is 3.00 bits per heavy atom. The second-order valence-electron chi connectivity index (χ2n) is 7.17. The first-order valence-electron chi connectivity index (χ1n) is 8.18. The summed E-state index contributed by atoms with van der Waals surface area (Å²) >= 11 is 0. The zero-order valence-electron chi connectivity index (χ0n) is 13.3. The lowest BCUT2D eigenvalue weighted by Crippen LogP contribution is -2.61. The second-order valence-corrected chi connectivity index (χ2v) is 7.17. The van der Waals surface area contributed by atoms with E-state index in [1.54, 1.807) is 13.2 Å². The Hall–Kier alpha value is -1.55. The van der Waals surface area contributed by atoms with E-state index in [9.17, 15) is 9.90 Å². The zero-order chi connectivity index (χ0) is 15.5. The third-order valence-corrected chi connectivity index (χ3v) is 6.25. The highest BCUT2D eigenvalue weighted by molar-refractivity contribution is 5.82. The van der Waals surface area contributed by atoms with Crippen molar-refractivity contribution in [2.45, 2.75) is 43.6 Å². The molecule has 2 aliphatic carbocycles. The minimum absolute atomic E-state index is 0.135. The minimum Gasteiger partial charge on any atom is -0.504 e. The van der Waals surface area contributed by atoms with Crippen LogP contribution in [0.3, 0.4) is 0 Å². The van der Waals surface area contributed by atoms with E-state index in [4.69, 9.17) is 4.74 Å². The van der Waals surface area contributed by atoms with E-state index in [0.717, 1.165) is 31.4 Å². The highest BCUT2D eigenvalue weighted by Crippen LogP contribution is 2.58. The number of likely N-dealkylation sites (tertiary alicyclic amines) is 1. The third-order valence-electron chi connectivity index (χ3n) is 6.25. The number of ketones is 1. The molecule has 0 spiro atoms. The van der Waals surface area contributed by atoms with Gasteiger partial charge in [-0.3, -0.25) is 4.79 Å². The van der Waals surface area contributed by atoms with Crippen LogP contribution in [0.25, 0.3) is 0 Å². The first kappa shape index (κ1) is 14.1. The van der Waals surface area contributed by atoms with E-state index < -0.39 is 0 Å². The molecule has 3 aliphatic rings. The number of nitrogens with zero attached hydrogens (tertiary/aromatic N) is 1. The predicted octanol–water partition coefficient (Wildman–Crippen LogP) is 2.27. The molecule has 2 fully saturated rings. The van der Waals surface area contributed by atoms with Crippen LogP contribution in [0.4, 0.5) is 0 Å². The van der Waals surface area contributed by atoms with Crippen molar-refractivity contribution in [2.75, 3.05) is 20.7 Å². The van der Waals surface area contributed by atoms with Gasteiger partial charge in [-0.15, -0.1) is 0 Å².